The summed E-state index contributed by atoms with van der Waals surface area (Å²) in [6.07, 6.45) is 2.01. The second-order valence-electron chi connectivity index (χ2n) is 10.9. The van der Waals surface area contributed by atoms with Crippen molar-refractivity contribution in [3.05, 3.63) is 152 Å². The lowest BCUT2D eigenvalue weighted by Gasteiger charge is -2.12. The van der Waals surface area contributed by atoms with Gasteiger partial charge in [0.2, 0.25) is 0 Å². The van der Waals surface area contributed by atoms with Gasteiger partial charge in [-0.25, -0.2) is 0 Å². The quantitative estimate of drug-likeness (QED) is 0.221. The van der Waals surface area contributed by atoms with Crippen LogP contribution in [0.1, 0.15) is 0 Å². The van der Waals surface area contributed by atoms with Crippen molar-refractivity contribution in [2.24, 2.45) is 0 Å². The van der Waals surface area contributed by atoms with Gasteiger partial charge in [0.05, 0.1) is 39.6 Å². The van der Waals surface area contributed by atoms with Gasteiger partial charge in [-0.15, -0.1) is 0 Å². The Labute approximate surface area is 242 Å². The second kappa shape index (κ2) is 8.92. The predicted molar refractivity (Wildman–Crippen MR) is 176 cm³/mol. The van der Waals surface area contributed by atoms with Gasteiger partial charge in [0.25, 0.3) is 0 Å². The first-order valence-corrected chi connectivity index (χ1v) is 14.3. The minimum absolute atomic E-state index is 0.973. The zero-order chi connectivity index (χ0) is 27.6. The Hall–Kier alpha value is -5.67. The van der Waals surface area contributed by atoms with Gasteiger partial charge in [0.15, 0.2) is 0 Å². The first kappa shape index (κ1) is 23.1. The Morgan fingerprint density at radius 2 is 1.07 bits per heavy atom. The van der Waals surface area contributed by atoms with Gasteiger partial charge >= 0.3 is 0 Å². The van der Waals surface area contributed by atoms with Crippen molar-refractivity contribution < 1.29 is 0 Å². The average Bonchev–Trinajstić information content (AvgIpc) is 3.57. The van der Waals surface area contributed by atoms with Crippen LogP contribution in [0.2, 0.25) is 0 Å². The number of pyridine rings is 1. The summed E-state index contributed by atoms with van der Waals surface area (Å²) in [6, 6.07) is 52.1. The molecule has 3 aromatic heterocycles. The zero-order valence-electron chi connectivity index (χ0n) is 22.8. The lowest BCUT2D eigenvalue weighted by Crippen LogP contribution is -1.96. The Bertz CT molecular complexity index is 2430. The molecule has 0 N–H and O–H groups in total. The molecule has 0 atom stereocenters. The summed E-state index contributed by atoms with van der Waals surface area (Å²) in [5.41, 5.74) is 9.14. The van der Waals surface area contributed by atoms with E-state index in [1.807, 2.05) is 12.3 Å². The highest BCUT2D eigenvalue weighted by Crippen LogP contribution is 2.40. The number of hydrogen-bond acceptors (Lipinski definition) is 1. The van der Waals surface area contributed by atoms with E-state index in [0.717, 1.165) is 16.9 Å². The van der Waals surface area contributed by atoms with Crippen molar-refractivity contribution in [1.82, 2.24) is 14.1 Å². The molecule has 0 radical (unpaired) electrons. The third-order valence-electron chi connectivity index (χ3n) is 8.53. The van der Waals surface area contributed by atoms with Gasteiger partial charge in [0.1, 0.15) is 0 Å². The maximum Gasteiger partial charge on any atom is 0.0703 e. The standard InChI is InChI=1S/C39H25N3/c1-3-11-26(12-4-1)35-22-20-29(25-40-35)42-37-18-10-7-15-30(37)32-21-19-27-23-38-34(24-33(27)39(32)42)31-16-8-9-17-36(31)41(38)28-13-5-2-6-14-28/h1-25H. The third-order valence-corrected chi connectivity index (χ3v) is 8.53. The monoisotopic (exact) mass is 535 g/mol. The van der Waals surface area contributed by atoms with E-state index >= 15 is 0 Å². The van der Waals surface area contributed by atoms with E-state index in [1.165, 1.54) is 60.1 Å². The lowest BCUT2D eigenvalue weighted by molar-refractivity contribution is 1.15. The Balaban J connectivity index is 1.38. The van der Waals surface area contributed by atoms with Crippen molar-refractivity contribution in [1.29, 1.82) is 0 Å². The SMILES string of the molecule is c1ccc(-c2ccc(-n3c4ccccc4c4ccc5cc6c(cc5c43)c3ccccc3n6-c3ccccc3)cn2)cc1. The number of para-hydroxylation sites is 3. The van der Waals surface area contributed by atoms with Gasteiger partial charge in [-0.1, -0.05) is 97.1 Å². The summed E-state index contributed by atoms with van der Waals surface area (Å²) < 4.78 is 4.77. The zero-order valence-corrected chi connectivity index (χ0v) is 22.8. The van der Waals surface area contributed by atoms with Crippen LogP contribution in [0.3, 0.4) is 0 Å². The largest absolute Gasteiger partial charge is 0.309 e. The summed E-state index contributed by atoms with van der Waals surface area (Å²) in [5.74, 6) is 0. The first-order valence-electron chi connectivity index (χ1n) is 14.3. The minimum Gasteiger partial charge on any atom is -0.309 e. The van der Waals surface area contributed by atoms with Crippen LogP contribution >= 0.6 is 0 Å². The number of fused-ring (bicyclic) bond motifs is 8. The van der Waals surface area contributed by atoms with Gasteiger partial charge in [0, 0.05) is 38.2 Å². The molecule has 6 aromatic carbocycles. The van der Waals surface area contributed by atoms with Crippen LogP contribution in [0.4, 0.5) is 0 Å². The van der Waals surface area contributed by atoms with Crippen molar-refractivity contribution in [2.45, 2.75) is 0 Å². The first-order chi connectivity index (χ1) is 20.8. The number of hydrogen-bond donors (Lipinski definition) is 0. The molecule has 0 spiro atoms. The molecule has 0 unspecified atom stereocenters. The summed E-state index contributed by atoms with van der Waals surface area (Å²) in [5, 5.41) is 7.45. The molecule has 0 aliphatic carbocycles. The molecule has 0 aliphatic heterocycles. The third kappa shape index (κ3) is 3.31. The average molecular weight is 536 g/mol. The fourth-order valence-corrected chi connectivity index (χ4v) is 6.67. The highest BCUT2D eigenvalue weighted by atomic mass is 15.0. The molecule has 0 fully saturated rings. The highest BCUT2D eigenvalue weighted by molar-refractivity contribution is 6.22. The van der Waals surface area contributed by atoms with Crippen LogP contribution in [0.25, 0.3) is 77.0 Å². The second-order valence-corrected chi connectivity index (χ2v) is 10.9. The molecular formula is C39H25N3. The Kier molecular flexibility index (Phi) is 4.90. The van der Waals surface area contributed by atoms with E-state index in [9.17, 15) is 0 Å². The molecule has 9 rings (SSSR count). The van der Waals surface area contributed by atoms with Crippen LogP contribution < -0.4 is 0 Å². The van der Waals surface area contributed by atoms with Crippen molar-refractivity contribution in [2.75, 3.05) is 0 Å². The van der Waals surface area contributed by atoms with E-state index in [2.05, 4.69) is 149 Å². The maximum absolute atomic E-state index is 4.90. The normalized spacial score (nSPS) is 11.8. The molecular weight excluding hydrogens is 510 g/mol. The van der Waals surface area contributed by atoms with Crippen molar-refractivity contribution >= 4 is 54.4 Å². The molecule has 3 heteroatoms. The molecule has 0 saturated carbocycles. The smallest absolute Gasteiger partial charge is 0.0703 e. The van der Waals surface area contributed by atoms with Crippen LogP contribution in [-0.2, 0) is 0 Å². The molecule has 196 valence electrons. The molecule has 0 amide bonds. The lowest BCUT2D eigenvalue weighted by atomic mass is 10.0. The van der Waals surface area contributed by atoms with E-state index in [-0.39, 0.29) is 0 Å². The number of aromatic nitrogens is 3. The highest BCUT2D eigenvalue weighted by Gasteiger charge is 2.18. The molecule has 3 heterocycles. The van der Waals surface area contributed by atoms with Crippen LogP contribution in [0.15, 0.2) is 152 Å². The van der Waals surface area contributed by atoms with E-state index in [0.29, 0.717) is 0 Å². The molecule has 0 aliphatic rings. The summed E-state index contributed by atoms with van der Waals surface area (Å²) in [7, 11) is 0. The topological polar surface area (TPSA) is 22.8 Å². The molecule has 0 bridgehead atoms. The van der Waals surface area contributed by atoms with E-state index < -0.39 is 0 Å². The van der Waals surface area contributed by atoms with E-state index in [1.54, 1.807) is 0 Å². The van der Waals surface area contributed by atoms with Crippen LogP contribution in [0.5, 0.6) is 0 Å². The maximum atomic E-state index is 4.90. The fraction of sp³-hybridized carbons (Fsp3) is 0. The molecule has 9 aromatic rings. The number of nitrogens with zero attached hydrogens (tertiary/aromatic N) is 3. The Morgan fingerprint density at radius 1 is 0.405 bits per heavy atom. The van der Waals surface area contributed by atoms with Gasteiger partial charge < -0.3 is 9.13 Å². The Morgan fingerprint density at radius 3 is 1.81 bits per heavy atom. The minimum atomic E-state index is 0.973. The van der Waals surface area contributed by atoms with Crippen molar-refractivity contribution in [3.63, 3.8) is 0 Å². The van der Waals surface area contributed by atoms with Crippen LogP contribution in [0, 0.1) is 0 Å². The van der Waals surface area contributed by atoms with Crippen LogP contribution in [-0.4, -0.2) is 14.1 Å². The van der Waals surface area contributed by atoms with Gasteiger partial charge in [-0.05, 0) is 53.9 Å². The summed E-state index contributed by atoms with van der Waals surface area (Å²) >= 11 is 0. The molecule has 42 heavy (non-hydrogen) atoms. The van der Waals surface area contributed by atoms with Gasteiger partial charge in [-0.2, -0.15) is 0 Å². The number of rotatable bonds is 3. The molecule has 3 nitrogen and oxygen atoms in total. The predicted octanol–water partition coefficient (Wildman–Crippen LogP) is 10.1. The number of benzene rings is 6. The fourth-order valence-electron chi connectivity index (χ4n) is 6.67. The van der Waals surface area contributed by atoms with Crippen molar-refractivity contribution in [3.8, 4) is 22.6 Å². The molecule has 0 saturated heterocycles. The summed E-state index contributed by atoms with van der Waals surface area (Å²) in [4.78, 5) is 4.90. The van der Waals surface area contributed by atoms with E-state index in [4.69, 9.17) is 4.98 Å². The summed E-state index contributed by atoms with van der Waals surface area (Å²) in [6.45, 7) is 0. The van der Waals surface area contributed by atoms with Gasteiger partial charge in [-0.3, -0.25) is 4.98 Å².